The van der Waals surface area contributed by atoms with E-state index in [2.05, 4.69) is 88.9 Å². The minimum atomic E-state index is 1.07. The van der Waals surface area contributed by atoms with Gasteiger partial charge in [-0.05, 0) is 0 Å². The van der Waals surface area contributed by atoms with E-state index in [-0.39, 0.29) is 0 Å². The molecule has 2 nitrogen and oxygen atoms in total. The third kappa shape index (κ3) is 6.86. The van der Waals surface area contributed by atoms with Gasteiger partial charge in [-0.15, -0.1) is 0 Å². The van der Waals surface area contributed by atoms with Crippen LogP contribution < -0.4 is 0 Å². The van der Waals surface area contributed by atoms with Crippen LogP contribution in [0.5, 0.6) is 0 Å². The molecule has 0 bridgehead atoms. The topological polar surface area (TPSA) is 0 Å². The molecule has 0 saturated heterocycles. The quantitative estimate of drug-likeness (QED) is 0.475. The lowest BCUT2D eigenvalue weighted by Crippen LogP contribution is -2.42. The lowest BCUT2D eigenvalue weighted by Gasteiger charge is -2.32. The van der Waals surface area contributed by atoms with Crippen molar-refractivity contribution in [1.29, 1.82) is 0 Å². The average molecular weight is 327 g/mol. The van der Waals surface area contributed by atoms with Crippen LogP contribution in [0.25, 0.3) is 0 Å². The average Bonchev–Trinajstić information content (AvgIpc) is 2.53. The van der Waals surface area contributed by atoms with Crippen molar-refractivity contribution in [2.45, 2.75) is 25.9 Å². The number of rotatable bonds is 9. The first-order valence-electron chi connectivity index (χ1n) is 9.08. The molecule has 0 heterocycles. The molecule has 2 aromatic carbocycles. The van der Waals surface area contributed by atoms with Gasteiger partial charge in [-0.2, -0.15) is 0 Å². The molecule has 0 amide bonds. The van der Waals surface area contributed by atoms with Crippen LogP contribution in [-0.4, -0.2) is 50.2 Å². The molecule has 0 atom stereocenters. The van der Waals surface area contributed by atoms with Crippen LogP contribution >= 0.6 is 0 Å². The monoisotopic (exact) mass is 326 g/mol. The Morgan fingerprint density at radius 2 is 0.875 bits per heavy atom. The summed E-state index contributed by atoms with van der Waals surface area (Å²) in [6, 6.07) is 21.7. The maximum Gasteiger partial charge on any atom is 0.104 e. The van der Waals surface area contributed by atoms with E-state index in [0.29, 0.717) is 0 Å². The van der Waals surface area contributed by atoms with Crippen molar-refractivity contribution in [2.75, 3.05) is 41.3 Å². The number of nitrogens with zero attached hydrogens (tertiary/aromatic N) is 2. The first-order chi connectivity index (χ1) is 11.4. The lowest BCUT2D eigenvalue weighted by molar-refractivity contribution is -0.910. The van der Waals surface area contributed by atoms with Gasteiger partial charge in [-0.1, -0.05) is 60.7 Å². The third-order valence-corrected chi connectivity index (χ3v) is 4.68. The molecule has 0 aliphatic rings. The van der Waals surface area contributed by atoms with Gasteiger partial charge in [0.1, 0.15) is 13.1 Å². The van der Waals surface area contributed by atoms with Gasteiger partial charge in [0.2, 0.25) is 0 Å². The third-order valence-electron chi connectivity index (χ3n) is 4.68. The van der Waals surface area contributed by atoms with Crippen LogP contribution in [0.4, 0.5) is 0 Å². The predicted molar refractivity (Wildman–Crippen MR) is 103 cm³/mol. The van der Waals surface area contributed by atoms with Gasteiger partial charge in [0.25, 0.3) is 0 Å². The highest BCUT2D eigenvalue weighted by atomic mass is 15.3. The fourth-order valence-electron chi connectivity index (χ4n) is 3.39. The van der Waals surface area contributed by atoms with Gasteiger partial charge in [0, 0.05) is 24.0 Å². The Balaban J connectivity index is 1.73. The van der Waals surface area contributed by atoms with Crippen LogP contribution in [-0.2, 0) is 13.1 Å². The first kappa shape index (κ1) is 18.7. The Hall–Kier alpha value is -1.64. The van der Waals surface area contributed by atoms with E-state index in [4.69, 9.17) is 0 Å². The van der Waals surface area contributed by atoms with E-state index in [1.165, 1.54) is 37.1 Å². The van der Waals surface area contributed by atoms with Crippen LogP contribution in [0.3, 0.4) is 0 Å². The summed E-state index contributed by atoms with van der Waals surface area (Å²) >= 11 is 0. The molecule has 0 unspecified atom stereocenters. The second kappa shape index (κ2) is 8.46. The van der Waals surface area contributed by atoms with Crippen LogP contribution in [0.2, 0.25) is 0 Å². The molecule has 2 rings (SSSR count). The summed E-state index contributed by atoms with van der Waals surface area (Å²) in [6.45, 7) is 4.70. The zero-order valence-electron chi connectivity index (χ0n) is 15.9. The number of hydrogen-bond donors (Lipinski definition) is 0. The standard InChI is InChI=1S/C22H34N2/c1-23(2,19-21-13-7-5-8-14-21)17-11-12-18-24(3,4)20-22-15-9-6-10-16-22/h5-10,13-16H,11-12,17-20H2,1-4H3/q+2. The fourth-order valence-corrected chi connectivity index (χ4v) is 3.39. The maximum absolute atomic E-state index is 2.34. The molecule has 0 aliphatic heterocycles. The second-order valence-corrected chi connectivity index (χ2v) is 8.31. The van der Waals surface area contributed by atoms with Gasteiger partial charge in [-0.3, -0.25) is 0 Å². The second-order valence-electron chi connectivity index (χ2n) is 8.31. The molecular formula is C22H34N2+2. The molecule has 0 saturated carbocycles. The first-order valence-corrected chi connectivity index (χ1v) is 9.08. The van der Waals surface area contributed by atoms with Crippen molar-refractivity contribution in [1.82, 2.24) is 0 Å². The van der Waals surface area contributed by atoms with E-state index in [1.54, 1.807) is 0 Å². The summed E-state index contributed by atoms with van der Waals surface area (Å²) in [5.74, 6) is 0. The summed E-state index contributed by atoms with van der Waals surface area (Å²) in [5, 5.41) is 0. The Kier molecular flexibility index (Phi) is 6.59. The van der Waals surface area contributed by atoms with Crippen molar-refractivity contribution in [3.05, 3.63) is 71.8 Å². The fraction of sp³-hybridized carbons (Fsp3) is 0.455. The molecule has 0 aromatic heterocycles. The summed E-state index contributed by atoms with van der Waals surface area (Å²) in [4.78, 5) is 0. The minimum absolute atomic E-state index is 1.07. The van der Waals surface area contributed by atoms with E-state index in [1.807, 2.05) is 0 Å². The molecule has 130 valence electrons. The molecule has 2 aromatic rings. The smallest absolute Gasteiger partial charge is 0.104 e. The maximum atomic E-state index is 2.34. The SMILES string of the molecule is C[N+](C)(CCCC[N+](C)(C)Cc1ccccc1)Cc1ccccc1. The van der Waals surface area contributed by atoms with Crippen molar-refractivity contribution in [3.8, 4) is 0 Å². The summed E-state index contributed by atoms with van der Waals surface area (Å²) in [5.41, 5.74) is 2.87. The molecule has 0 N–H and O–H groups in total. The van der Waals surface area contributed by atoms with Gasteiger partial charge in [-0.25, -0.2) is 0 Å². The molecule has 0 fully saturated rings. The Morgan fingerprint density at radius 3 is 1.21 bits per heavy atom. The van der Waals surface area contributed by atoms with Gasteiger partial charge in [0.05, 0.1) is 41.3 Å². The molecule has 0 aliphatic carbocycles. The zero-order chi connectivity index (χ0) is 17.5. The van der Waals surface area contributed by atoms with Crippen LogP contribution in [0.15, 0.2) is 60.7 Å². The lowest BCUT2D eigenvalue weighted by atomic mass is 10.1. The van der Waals surface area contributed by atoms with Crippen molar-refractivity contribution >= 4 is 0 Å². The Bertz CT molecular complexity index is 532. The molecule has 0 radical (unpaired) electrons. The highest BCUT2D eigenvalue weighted by molar-refractivity contribution is 5.14. The summed E-state index contributed by atoms with van der Waals surface area (Å²) in [7, 11) is 9.38. The highest BCUT2D eigenvalue weighted by Crippen LogP contribution is 2.13. The van der Waals surface area contributed by atoms with Crippen LogP contribution in [0.1, 0.15) is 24.0 Å². The Morgan fingerprint density at radius 1 is 0.542 bits per heavy atom. The van der Waals surface area contributed by atoms with Gasteiger partial charge < -0.3 is 8.97 Å². The van der Waals surface area contributed by atoms with Gasteiger partial charge in [0.15, 0.2) is 0 Å². The number of quaternary nitrogens is 2. The highest BCUT2D eigenvalue weighted by Gasteiger charge is 2.18. The van der Waals surface area contributed by atoms with E-state index in [9.17, 15) is 0 Å². The van der Waals surface area contributed by atoms with Crippen molar-refractivity contribution < 1.29 is 8.97 Å². The molecule has 0 spiro atoms. The largest absolute Gasteiger partial charge is 0.325 e. The Labute approximate surface area is 148 Å². The zero-order valence-corrected chi connectivity index (χ0v) is 15.9. The molecular weight excluding hydrogens is 292 g/mol. The number of benzene rings is 2. The summed E-state index contributed by atoms with van der Waals surface area (Å²) < 4.78 is 2.13. The van der Waals surface area contributed by atoms with E-state index < -0.39 is 0 Å². The van der Waals surface area contributed by atoms with E-state index in [0.717, 1.165) is 22.1 Å². The van der Waals surface area contributed by atoms with Crippen molar-refractivity contribution in [3.63, 3.8) is 0 Å². The normalized spacial score (nSPS) is 12.3. The number of hydrogen-bond acceptors (Lipinski definition) is 0. The van der Waals surface area contributed by atoms with E-state index >= 15 is 0 Å². The summed E-state index contributed by atoms with van der Waals surface area (Å²) in [6.07, 6.45) is 2.58. The molecule has 24 heavy (non-hydrogen) atoms. The minimum Gasteiger partial charge on any atom is -0.325 e. The predicted octanol–water partition coefficient (Wildman–Crippen LogP) is 4.32. The van der Waals surface area contributed by atoms with Crippen molar-refractivity contribution in [2.24, 2.45) is 0 Å². The number of unbranched alkanes of at least 4 members (excludes halogenated alkanes) is 1. The van der Waals surface area contributed by atoms with Crippen LogP contribution in [0, 0.1) is 0 Å². The van der Waals surface area contributed by atoms with Gasteiger partial charge >= 0.3 is 0 Å². The molecule has 2 heteroatoms.